The number of hydrogen-bond acceptors (Lipinski definition) is 4. The van der Waals surface area contributed by atoms with Gasteiger partial charge in [0.05, 0.1) is 19.3 Å². The first-order chi connectivity index (χ1) is 11.2. The molecule has 0 aromatic carbocycles. The molecule has 0 unspecified atom stereocenters. The van der Waals surface area contributed by atoms with Crippen molar-refractivity contribution in [3.63, 3.8) is 0 Å². The minimum Gasteiger partial charge on any atom is -0.465 e. The molecule has 0 amide bonds. The molecule has 0 bridgehead atoms. The Bertz CT molecular complexity index is 524. The summed E-state index contributed by atoms with van der Waals surface area (Å²) >= 11 is 0. The van der Waals surface area contributed by atoms with Gasteiger partial charge >= 0.3 is 0 Å². The van der Waals surface area contributed by atoms with Gasteiger partial charge in [-0.25, -0.2) is 0 Å². The Balaban J connectivity index is 1.40. The Morgan fingerprint density at radius 1 is 1.30 bits per heavy atom. The van der Waals surface area contributed by atoms with Crippen LogP contribution in [-0.2, 0) is 16.0 Å². The van der Waals surface area contributed by atoms with Crippen molar-refractivity contribution in [1.82, 2.24) is 4.90 Å². The first kappa shape index (κ1) is 15.7. The lowest BCUT2D eigenvalue weighted by molar-refractivity contribution is -0.155. The lowest BCUT2D eigenvalue weighted by Crippen LogP contribution is -2.56. The van der Waals surface area contributed by atoms with E-state index in [0.717, 1.165) is 69.7 Å². The summed E-state index contributed by atoms with van der Waals surface area (Å²) in [4.78, 5) is 2.53. The van der Waals surface area contributed by atoms with Crippen LogP contribution in [0.1, 0.15) is 43.6 Å². The summed E-state index contributed by atoms with van der Waals surface area (Å²) in [5.41, 5.74) is 0.188. The average molecular weight is 319 g/mol. The van der Waals surface area contributed by atoms with Gasteiger partial charge in [-0.3, -0.25) is 4.90 Å². The fraction of sp³-hybridized carbons (Fsp3) is 0.789. The van der Waals surface area contributed by atoms with E-state index in [4.69, 9.17) is 13.9 Å². The molecule has 0 N–H and O–H groups in total. The zero-order valence-electron chi connectivity index (χ0n) is 14.3. The monoisotopic (exact) mass is 319 g/mol. The largest absolute Gasteiger partial charge is 0.465 e. The molecule has 2 aliphatic heterocycles. The number of rotatable bonds is 6. The molecular weight excluding hydrogens is 290 g/mol. The van der Waals surface area contributed by atoms with Crippen LogP contribution in [-0.4, -0.2) is 43.9 Å². The molecule has 3 aliphatic rings. The Morgan fingerprint density at radius 3 is 3.00 bits per heavy atom. The summed E-state index contributed by atoms with van der Waals surface area (Å²) in [7, 11) is 0. The van der Waals surface area contributed by atoms with Crippen LogP contribution in [0, 0.1) is 18.3 Å². The molecule has 1 aromatic rings. The number of nitrogens with zero attached hydrogens (tertiary/aromatic N) is 1. The maximum Gasteiger partial charge on any atom is 0.118 e. The number of ether oxygens (including phenoxy) is 2. The van der Waals surface area contributed by atoms with Crippen molar-refractivity contribution in [2.75, 3.05) is 32.9 Å². The normalized spacial score (nSPS) is 32.0. The summed E-state index contributed by atoms with van der Waals surface area (Å²) < 4.78 is 18.0. The molecule has 1 aromatic heterocycles. The van der Waals surface area contributed by atoms with Gasteiger partial charge in [-0.2, -0.15) is 0 Å². The van der Waals surface area contributed by atoms with Crippen LogP contribution in [0.4, 0.5) is 0 Å². The topological polar surface area (TPSA) is 34.8 Å². The number of fused-ring (bicyclic) bond motifs is 1. The second-order valence-electron chi connectivity index (χ2n) is 7.80. The Kier molecular flexibility index (Phi) is 4.48. The summed E-state index contributed by atoms with van der Waals surface area (Å²) in [5, 5.41) is 0. The van der Waals surface area contributed by atoms with Gasteiger partial charge in [0, 0.05) is 31.7 Å². The molecule has 0 spiro atoms. The first-order valence-corrected chi connectivity index (χ1v) is 9.21. The van der Waals surface area contributed by atoms with Crippen molar-refractivity contribution in [2.45, 2.75) is 51.7 Å². The van der Waals surface area contributed by atoms with E-state index in [9.17, 15) is 0 Å². The highest BCUT2D eigenvalue weighted by Crippen LogP contribution is 2.41. The van der Waals surface area contributed by atoms with Gasteiger partial charge in [0.2, 0.25) is 0 Å². The second-order valence-corrected chi connectivity index (χ2v) is 7.80. The minimum atomic E-state index is 0.188. The summed E-state index contributed by atoms with van der Waals surface area (Å²) in [6.07, 6.45) is 6.61. The molecule has 3 heterocycles. The van der Waals surface area contributed by atoms with Gasteiger partial charge in [0.1, 0.15) is 11.5 Å². The predicted molar refractivity (Wildman–Crippen MR) is 88.3 cm³/mol. The number of likely N-dealkylation sites (tertiary alicyclic amines) is 1. The quantitative estimate of drug-likeness (QED) is 0.805. The van der Waals surface area contributed by atoms with Crippen molar-refractivity contribution in [3.05, 3.63) is 23.7 Å². The maximum atomic E-state index is 6.13. The van der Waals surface area contributed by atoms with Crippen LogP contribution in [0.5, 0.6) is 0 Å². The molecule has 23 heavy (non-hydrogen) atoms. The summed E-state index contributed by atoms with van der Waals surface area (Å²) in [6.45, 7) is 7.82. The van der Waals surface area contributed by atoms with E-state index in [-0.39, 0.29) is 5.41 Å². The Hall–Kier alpha value is -0.840. The Labute approximate surface area is 139 Å². The number of hydrogen-bond donors (Lipinski definition) is 0. The fourth-order valence-electron chi connectivity index (χ4n) is 4.23. The van der Waals surface area contributed by atoms with E-state index in [1.165, 1.54) is 19.3 Å². The SMILES string of the molecule is Cc1ccc(CN2CC[C@@H]3OCCC[C@]3(COCC3CC3)C2)o1. The van der Waals surface area contributed by atoms with Crippen LogP contribution in [0.3, 0.4) is 0 Å². The molecule has 128 valence electrons. The van der Waals surface area contributed by atoms with Crippen LogP contribution in [0.25, 0.3) is 0 Å². The Morgan fingerprint density at radius 2 is 2.22 bits per heavy atom. The lowest BCUT2D eigenvalue weighted by Gasteiger charge is -2.50. The highest BCUT2D eigenvalue weighted by atomic mass is 16.5. The number of piperidine rings is 1. The number of furan rings is 1. The van der Waals surface area contributed by atoms with Gasteiger partial charge in [-0.1, -0.05) is 0 Å². The third kappa shape index (κ3) is 3.65. The van der Waals surface area contributed by atoms with Crippen molar-refractivity contribution in [2.24, 2.45) is 11.3 Å². The van der Waals surface area contributed by atoms with Gasteiger partial charge < -0.3 is 13.9 Å². The summed E-state index contributed by atoms with van der Waals surface area (Å²) in [5.74, 6) is 2.91. The predicted octanol–water partition coefficient (Wildman–Crippen LogP) is 3.39. The summed E-state index contributed by atoms with van der Waals surface area (Å²) in [6, 6.07) is 4.16. The molecule has 3 fully saturated rings. The van der Waals surface area contributed by atoms with Crippen molar-refractivity contribution < 1.29 is 13.9 Å². The second kappa shape index (κ2) is 6.58. The van der Waals surface area contributed by atoms with Gasteiger partial charge in [0.25, 0.3) is 0 Å². The van der Waals surface area contributed by atoms with E-state index < -0.39 is 0 Å². The molecule has 1 aliphatic carbocycles. The zero-order valence-corrected chi connectivity index (χ0v) is 14.3. The molecular formula is C19H29NO3. The first-order valence-electron chi connectivity index (χ1n) is 9.21. The van der Waals surface area contributed by atoms with E-state index in [2.05, 4.69) is 17.0 Å². The molecule has 2 atom stereocenters. The standard InChI is InChI=1S/C19H29NO3/c1-15-3-6-17(23-15)11-20-9-7-18-19(13-20,8-2-10-22-18)14-21-12-16-4-5-16/h3,6,16,18H,2,4-5,7-14H2,1H3/t18-,19+/m0/s1. The van der Waals surface area contributed by atoms with E-state index >= 15 is 0 Å². The van der Waals surface area contributed by atoms with Gasteiger partial charge in [-0.05, 0) is 57.1 Å². The number of aryl methyl sites for hydroxylation is 1. The smallest absolute Gasteiger partial charge is 0.118 e. The van der Waals surface area contributed by atoms with Crippen LogP contribution < -0.4 is 0 Å². The molecule has 4 rings (SSSR count). The minimum absolute atomic E-state index is 0.188. The van der Waals surface area contributed by atoms with E-state index in [1.807, 2.05) is 6.92 Å². The third-order valence-corrected chi connectivity index (χ3v) is 5.68. The van der Waals surface area contributed by atoms with Gasteiger partial charge in [0.15, 0.2) is 0 Å². The van der Waals surface area contributed by atoms with Crippen molar-refractivity contribution >= 4 is 0 Å². The highest BCUT2D eigenvalue weighted by Gasteiger charge is 2.46. The van der Waals surface area contributed by atoms with Gasteiger partial charge in [-0.15, -0.1) is 0 Å². The maximum absolute atomic E-state index is 6.13. The van der Waals surface area contributed by atoms with Crippen LogP contribution >= 0.6 is 0 Å². The molecule has 4 nitrogen and oxygen atoms in total. The zero-order chi connectivity index (χ0) is 15.7. The van der Waals surface area contributed by atoms with Crippen LogP contribution in [0.2, 0.25) is 0 Å². The van der Waals surface area contributed by atoms with E-state index in [1.54, 1.807) is 0 Å². The molecule has 2 saturated heterocycles. The van der Waals surface area contributed by atoms with Crippen LogP contribution in [0.15, 0.2) is 16.5 Å². The molecule has 4 heteroatoms. The highest BCUT2D eigenvalue weighted by molar-refractivity contribution is 5.06. The fourth-order valence-corrected chi connectivity index (χ4v) is 4.23. The molecule has 1 saturated carbocycles. The van der Waals surface area contributed by atoms with Crippen molar-refractivity contribution in [1.29, 1.82) is 0 Å². The van der Waals surface area contributed by atoms with E-state index in [0.29, 0.717) is 6.10 Å². The lowest BCUT2D eigenvalue weighted by atomic mass is 9.73. The average Bonchev–Trinajstić information content (AvgIpc) is 3.28. The molecule has 0 radical (unpaired) electrons. The van der Waals surface area contributed by atoms with Crippen molar-refractivity contribution in [3.8, 4) is 0 Å². The third-order valence-electron chi connectivity index (χ3n) is 5.68.